The summed E-state index contributed by atoms with van der Waals surface area (Å²) < 4.78 is 101. The van der Waals surface area contributed by atoms with Crippen molar-refractivity contribution in [3.63, 3.8) is 0 Å². The van der Waals surface area contributed by atoms with E-state index >= 15 is 13.2 Å². The second-order valence-corrected chi connectivity index (χ2v) is 9.25. The summed E-state index contributed by atoms with van der Waals surface area (Å²) in [5, 5.41) is 0. The van der Waals surface area contributed by atoms with Gasteiger partial charge in [0.05, 0.1) is 24.3 Å². The fourth-order valence-electron chi connectivity index (χ4n) is 5.12. The van der Waals surface area contributed by atoms with E-state index in [-0.39, 0.29) is 19.1 Å². The number of fused-ring (bicyclic) bond motifs is 3. The van der Waals surface area contributed by atoms with Crippen LogP contribution in [-0.4, -0.2) is 13.2 Å². The van der Waals surface area contributed by atoms with Gasteiger partial charge in [0.1, 0.15) is 0 Å². The Bertz CT molecular complexity index is 1090. The molecule has 0 amide bonds. The van der Waals surface area contributed by atoms with Gasteiger partial charge in [0.15, 0.2) is 23.1 Å². The van der Waals surface area contributed by atoms with Gasteiger partial charge in [0.25, 0.3) is 0 Å². The number of benzene rings is 2. The van der Waals surface area contributed by atoms with Crippen LogP contribution in [0.15, 0.2) is 36.9 Å². The third kappa shape index (κ3) is 4.40. The van der Waals surface area contributed by atoms with Crippen molar-refractivity contribution in [2.24, 2.45) is 11.8 Å². The lowest BCUT2D eigenvalue weighted by molar-refractivity contribution is -0.228. The summed E-state index contributed by atoms with van der Waals surface area (Å²) in [6.45, 7) is 5.30. The molecule has 0 atom stereocenters. The molecule has 1 fully saturated rings. The normalized spacial score (nSPS) is 22.1. The van der Waals surface area contributed by atoms with Gasteiger partial charge in [0, 0.05) is 0 Å². The quantitative estimate of drug-likeness (QED) is 0.269. The number of rotatable bonds is 8. The Morgan fingerprint density at radius 2 is 1.31 bits per heavy atom. The second kappa shape index (κ2) is 9.78. The Balaban J connectivity index is 1.62. The number of ether oxygens (including phenoxy) is 2. The zero-order valence-electron chi connectivity index (χ0n) is 19.5. The zero-order chi connectivity index (χ0) is 25.4. The molecule has 0 aliphatic heterocycles. The largest absolute Gasteiger partial charge is 0.491 e. The smallest absolute Gasteiger partial charge is 0.343 e. The third-order valence-electron chi connectivity index (χ3n) is 7.05. The first kappa shape index (κ1) is 25.5. The summed E-state index contributed by atoms with van der Waals surface area (Å²) in [6, 6.07) is 4.36. The minimum absolute atomic E-state index is 0.0416. The van der Waals surface area contributed by atoms with Crippen molar-refractivity contribution in [3.8, 4) is 22.6 Å². The summed E-state index contributed by atoms with van der Waals surface area (Å²) in [5.41, 5.74) is -3.97. The van der Waals surface area contributed by atoms with E-state index in [1.165, 1.54) is 6.92 Å². The first-order valence-corrected chi connectivity index (χ1v) is 11.9. The highest BCUT2D eigenvalue weighted by atomic mass is 19.3. The van der Waals surface area contributed by atoms with E-state index < -0.39 is 57.2 Å². The van der Waals surface area contributed by atoms with Crippen LogP contribution in [0.3, 0.4) is 0 Å². The van der Waals surface area contributed by atoms with Crippen molar-refractivity contribution in [1.82, 2.24) is 0 Å². The lowest BCUT2D eigenvalue weighted by atomic mass is 9.79. The number of halogens is 6. The molecule has 0 N–H and O–H groups in total. The van der Waals surface area contributed by atoms with Gasteiger partial charge in [-0.1, -0.05) is 18.9 Å². The maximum absolute atomic E-state index is 15.3. The molecule has 2 nitrogen and oxygen atoms in total. The second-order valence-electron chi connectivity index (χ2n) is 9.25. The highest BCUT2D eigenvalue weighted by molar-refractivity contribution is 5.78. The standard InChI is InChI=1S/C27H28F6O2/c1-3-5-6-16-7-9-17(10-8-16)15-35-21-14-12-19-18-11-13-20(34-4-2)24(28)22(18)26(30,31)27(32,33)23(19)25(21)29/h3,11-14,16-17H,1,4-10,15H2,2H3. The number of hydrogen-bond donors (Lipinski definition) is 0. The summed E-state index contributed by atoms with van der Waals surface area (Å²) in [6.07, 6.45) is 7.60. The van der Waals surface area contributed by atoms with Gasteiger partial charge in [0.2, 0.25) is 0 Å². The average molecular weight is 499 g/mol. The van der Waals surface area contributed by atoms with E-state index in [0.29, 0.717) is 5.92 Å². The first-order chi connectivity index (χ1) is 16.6. The summed E-state index contributed by atoms with van der Waals surface area (Å²) in [4.78, 5) is 0. The van der Waals surface area contributed by atoms with E-state index in [1.54, 1.807) is 0 Å². The van der Waals surface area contributed by atoms with Crippen molar-refractivity contribution in [2.75, 3.05) is 13.2 Å². The van der Waals surface area contributed by atoms with Crippen LogP contribution in [0, 0.1) is 23.5 Å². The zero-order valence-corrected chi connectivity index (χ0v) is 19.5. The maximum Gasteiger partial charge on any atom is 0.343 e. The predicted octanol–water partition coefficient (Wildman–Crippen LogP) is 8.38. The minimum atomic E-state index is -4.99. The summed E-state index contributed by atoms with van der Waals surface area (Å²) in [5.74, 6) is -13.5. The van der Waals surface area contributed by atoms with Gasteiger partial charge >= 0.3 is 11.8 Å². The molecule has 0 aromatic heterocycles. The van der Waals surface area contributed by atoms with Crippen molar-refractivity contribution < 1.29 is 35.8 Å². The molecular weight excluding hydrogens is 470 g/mol. The van der Waals surface area contributed by atoms with E-state index in [9.17, 15) is 13.2 Å². The van der Waals surface area contributed by atoms with Crippen molar-refractivity contribution in [1.29, 1.82) is 0 Å². The van der Waals surface area contributed by atoms with Crippen molar-refractivity contribution in [2.45, 2.75) is 57.3 Å². The Hall–Kier alpha value is -2.64. The van der Waals surface area contributed by atoms with E-state index in [4.69, 9.17) is 9.47 Å². The number of alkyl halides is 4. The van der Waals surface area contributed by atoms with Gasteiger partial charge in [-0.3, -0.25) is 0 Å². The Morgan fingerprint density at radius 3 is 1.80 bits per heavy atom. The molecule has 0 spiro atoms. The first-order valence-electron chi connectivity index (χ1n) is 11.9. The molecule has 0 saturated heterocycles. The molecule has 1 saturated carbocycles. The van der Waals surface area contributed by atoms with Crippen LogP contribution in [0.1, 0.15) is 56.6 Å². The lowest BCUT2D eigenvalue weighted by Crippen LogP contribution is -2.41. The Labute approximate surface area is 200 Å². The van der Waals surface area contributed by atoms with Crippen LogP contribution in [-0.2, 0) is 11.8 Å². The van der Waals surface area contributed by atoms with Crippen LogP contribution in [0.2, 0.25) is 0 Å². The minimum Gasteiger partial charge on any atom is -0.491 e. The van der Waals surface area contributed by atoms with E-state index in [2.05, 4.69) is 6.58 Å². The average Bonchev–Trinajstić information content (AvgIpc) is 2.82. The maximum atomic E-state index is 15.3. The molecule has 190 valence electrons. The molecule has 0 unspecified atom stereocenters. The monoisotopic (exact) mass is 498 g/mol. The van der Waals surface area contributed by atoms with Crippen molar-refractivity contribution in [3.05, 3.63) is 59.7 Å². The number of hydrogen-bond acceptors (Lipinski definition) is 2. The molecule has 35 heavy (non-hydrogen) atoms. The molecule has 0 radical (unpaired) electrons. The van der Waals surface area contributed by atoms with Gasteiger partial charge in [-0.05, 0) is 79.8 Å². The van der Waals surface area contributed by atoms with Crippen LogP contribution in [0.5, 0.6) is 11.5 Å². The Kier molecular flexibility index (Phi) is 7.11. The van der Waals surface area contributed by atoms with Crippen LogP contribution in [0.4, 0.5) is 26.3 Å². The molecule has 2 aromatic carbocycles. The van der Waals surface area contributed by atoms with E-state index in [0.717, 1.165) is 62.8 Å². The Morgan fingerprint density at radius 1 is 0.829 bits per heavy atom. The van der Waals surface area contributed by atoms with Gasteiger partial charge in [-0.2, -0.15) is 17.6 Å². The topological polar surface area (TPSA) is 18.5 Å². The SMILES string of the molecule is C=CCCC1CCC(COc2ccc3c(c2F)C(F)(F)C(F)(F)c2c-3ccc(OCC)c2F)CC1. The molecule has 2 aromatic rings. The van der Waals surface area contributed by atoms with Crippen LogP contribution in [0.25, 0.3) is 11.1 Å². The molecule has 8 heteroatoms. The molecule has 0 bridgehead atoms. The van der Waals surface area contributed by atoms with Gasteiger partial charge < -0.3 is 9.47 Å². The fourth-order valence-corrected chi connectivity index (χ4v) is 5.12. The van der Waals surface area contributed by atoms with E-state index in [1.807, 2.05) is 6.08 Å². The van der Waals surface area contributed by atoms with Crippen molar-refractivity contribution >= 4 is 0 Å². The predicted molar refractivity (Wildman–Crippen MR) is 121 cm³/mol. The van der Waals surface area contributed by atoms with Gasteiger partial charge in [-0.25, -0.2) is 8.78 Å². The highest BCUT2D eigenvalue weighted by Crippen LogP contribution is 2.60. The summed E-state index contributed by atoms with van der Waals surface area (Å²) in [7, 11) is 0. The highest BCUT2D eigenvalue weighted by Gasteiger charge is 2.65. The van der Waals surface area contributed by atoms with Crippen LogP contribution < -0.4 is 9.47 Å². The molecule has 2 aliphatic rings. The molecular formula is C27H28F6O2. The lowest BCUT2D eigenvalue weighted by Gasteiger charge is -2.35. The number of allylic oxidation sites excluding steroid dienone is 1. The molecule has 0 heterocycles. The summed E-state index contributed by atoms with van der Waals surface area (Å²) >= 11 is 0. The molecule has 2 aliphatic carbocycles. The van der Waals surface area contributed by atoms with Gasteiger partial charge in [-0.15, -0.1) is 6.58 Å². The van der Waals surface area contributed by atoms with Crippen LogP contribution >= 0.6 is 0 Å². The third-order valence-corrected chi connectivity index (χ3v) is 7.05. The molecule has 4 rings (SSSR count). The fraction of sp³-hybridized carbons (Fsp3) is 0.481.